The molecule has 1 aliphatic rings. The van der Waals surface area contributed by atoms with E-state index in [4.69, 9.17) is 11.6 Å². The number of urea groups is 1. The molecule has 4 rings (SSSR count). The molecule has 1 atom stereocenters. The molecule has 9 heteroatoms. The molecule has 2 amide bonds. The molecule has 2 aromatic carbocycles. The van der Waals surface area contributed by atoms with Gasteiger partial charge < -0.3 is 10.2 Å². The van der Waals surface area contributed by atoms with Gasteiger partial charge in [0.2, 0.25) is 0 Å². The zero-order valence-electron chi connectivity index (χ0n) is 17.4. The van der Waals surface area contributed by atoms with Crippen molar-refractivity contribution in [1.29, 1.82) is 0 Å². The molecule has 168 valence electrons. The minimum absolute atomic E-state index is 0.167. The number of anilines is 1. The van der Waals surface area contributed by atoms with Gasteiger partial charge in [-0.15, -0.1) is 0 Å². The number of carbonyl (C=O) groups is 1. The first-order chi connectivity index (χ1) is 15.2. The van der Waals surface area contributed by atoms with Crippen molar-refractivity contribution in [2.24, 2.45) is 7.05 Å². The second kappa shape index (κ2) is 8.86. The Kier molecular flexibility index (Phi) is 6.15. The van der Waals surface area contributed by atoms with Crippen LogP contribution in [0.1, 0.15) is 41.3 Å². The van der Waals surface area contributed by atoms with Crippen LogP contribution in [0.3, 0.4) is 0 Å². The van der Waals surface area contributed by atoms with Gasteiger partial charge in [-0.25, -0.2) is 4.79 Å². The second-order valence-corrected chi connectivity index (χ2v) is 8.28. The number of halogens is 4. The van der Waals surface area contributed by atoms with E-state index in [2.05, 4.69) is 10.4 Å². The van der Waals surface area contributed by atoms with Gasteiger partial charge in [-0.3, -0.25) is 4.68 Å². The van der Waals surface area contributed by atoms with E-state index >= 15 is 0 Å². The Labute approximate surface area is 188 Å². The number of hydrogen-bond donors (Lipinski definition) is 1. The third-order valence-electron chi connectivity index (χ3n) is 5.67. The highest BCUT2D eigenvalue weighted by molar-refractivity contribution is 6.30. The number of hydrogen-bond acceptors (Lipinski definition) is 2. The van der Waals surface area contributed by atoms with E-state index in [1.807, 2.05) is 37.5 Å². The fraction of sp³-hybridized carbons (Fsp3) is 0.304. The molecule has 1 aromatic heterocycles. The van der Waals surface area contributed by atoms with Crippen LogP contribution in [0.15, 0.2) is 54.7 Å². The molecular weight excluding hydrogens is 441 g/mol. The van der Waals surface area contributed by atoms with E-state index in [0.717, 1.165) is 41.8 Å². The molecule has 1 aliphatic heterocycles. The average molecular weight is 463 g/mol. The van der Waals surface area contributed by atoms with Gasteiger partial charge in [0.15, 0.2) is 0 Å². The van der Waals surface area contributed by atoms with Crippen LogP contribution >= 0.6 is 11.6 Å². The lowest BCUT2D eigenvalue weighted by Crippen LogP contribution is -2.35. The minimum Gasteiger partial charge on any atom is -0.316 e. The second-order valence-electron chi connectivity index (χ2n) is 7.84. The van der Waals surface area contributed by atoms with Crippen LogP contribution in [-0.2, 0) is 19.6 Å². The number of nitrogens with zero attached hydrogens (tertiary/aromatic N) is 3. The van der Waals surface area contributed by atoms with Gasteiger partial charge in [0.05, 0.1) is 23.5 Å². The summed E-state index contributed by atoms with van der Waals surface area (Å²) in [6, 6.07) is 11.5. The molecule has 1 saturated heterocycles. The normalized spacial score (nSPS) is 16.4. The van der Waals surface area contributed by atoms with Gasteiger partial charge in [-0.2, -0.15) is 18.3 Å². The summed E-state index contributed by atoms with van der Waals surface area (Å²) < 4.78 is 40.1. The largest absolute Gasteiger partial charge is 0.416 e. The van der Waals surface area contributed by atoms with Crippen molar-refractivity contribution in [3.05, 3.63) is 82.1 Å². The molecule has 32 heavy (non-hydrogen) atoms. The molecule has 0 radical (unpaired) electrons. The summed E-state index contributed by atoms with van der Waals surface area (Å²) in [5.74, 6) is 0. The van der Waals surface area contributed by atoms with E-state index < -0.39 is 11.7 Å². The fourth-order valence-electron chi connectivity index (χ4n) is 4.11. The van der Waals surface area contributed by atoms with Crippen molar-refractivity contribution < 1.29 is 18.0 Å². The highest BCUT2D eigenvalue weighted by atomic mass is 35.5. The van der Waals surface area contributed by atoms with Crippen LogP contribution in [0.2, 0.25) is 5.02 Å². The van der Waals surface area contributed by atoms with E-state index in [-0.39, 0.29) is 12.1 Å². The summed E-state index contributed by atoms with van der Waals surface area (Å²) in [5.41, 5.74) is 2.63. The smallest absolute Gasteiger partial charge is 0.316 e. The lowest BCUT2D eigenvalue weighted by atomic mass is 10.0. The number of amides is 2. The summed E-state index contributed by atoms with van der Waals surface area (Å²) in [6.45, 7) is 0.558. The summed E-state index contributed by atoms with van der Waals surface area (Å²) in [5, 5.41) is 7.80. The van der Waals surface area contributed by atoms with E-state index in [0.29, 0.717) is 23.7 Å². The molecule has 3 aromatic rings. The lowest BCUT2D eigenvalue weighted by Gasteiger charge is -2.26. The first kappa shape index (κ1) is 22.2. The summed E-state index contributed by atoms with van der Waals surface area (Å²) in [6.07, 6.45) is -0.327. The predicted octanol–water partition coefficient (Wildman–Crippen LogP) is 6.05. The summed E-state index contributed by atoms with van der Waals surface area (Å²) in [4.78, 5) is 14.7. The zero-order valence-corrected chi connectivity index (χ0v) is 18.1. The maximum absolute atomic E-state index is 13.0. The SMILES string of the molecule is Cn1ncc(Cc2ccc(Cl)cc2)c1[C@H]1CCCN1C(=O)Nc1ccc(C(F)(F)F)cc1. The van der Waals surface area contributed by atoms with Crippen molar-refractivity contribution in [2.75, 3.05) is 11.9 Å². The Morgan fingerprint density at radius 3 is 2.50 bits per heavy atom. The third kappa shape index (κ3) is 4.75. The Morgan fingerprint density at radius 2 is 1.84 bits per heavy atom. The molecule has 0 aliphatic carbocycles. The average Bonchev–Trinajstić information content (AvgIpc) is 3.36. The van der Waals surface area contributed by atoms with E-state index in [1.54, 1.807) is 9.58 Å². The van der Waals surface area contributed by atoms with Crippen molar-refractivity contribution in [3.8, 4) is 0 Å². The summed E-state index contributed by atoms with van der Waals surface area (Å²) in [7, 11) is 1.85. The lowest BCUT2D eigenvalue weighted by molar-refractivity contribution is -0.137. The topological polar surface area (TPSA) is 50.2 Å². The number of nitrogens with one attached hydrogen (secondary N) is 1. The zero-order chi connectivity index (χ0) is 22.9. The molecule has 0 unspecified atom stereocenters. The van der Waals surface area contributed by atoms with Crippen molar-refractivity contribution in [3.63, 3.8) is 0 Å². The number of carbonyl (C=O) groups excluding carboxylic acids is 1. The summed E-state index contributed by atoms with van der Waals surface area (Å²) >= 11 is 5.98. The van der Waals surface area contributed by atoms with E-state index in [1.165, 1.54) is 12.1 Å². The first-order valence-electron chi connectivity index (χ1n) is 10.2. The molecule has 5 nitrogen and oxygen atoms in total. The van der Waals surface area contributed by atoms with Gasteiger partial charge in [0.25, 0.3) is 0 Å². The van der Waals surface area contributed by atoms with Crippen LogP contribution in [0.4, 0.5) is 23.7 Å². The molecule has 2 heterocycles. The molecule has 0 bridgehead atoms. The number of likely N-dealkylation sites (tertiary alicyclic amines) is 1. The Morgan fingerprint density at radius 1 is 1.16 bits per heavy atom. The highest BCUT2D eigenvalue weighted by Crippen LogP contribution is 2.35. The third-order valence-corrected chi connectivity index (χ3v) is 5.92. The maximum atomic E-state index is 13.0. The molecule has 1 N–H and O–H groups in total. The van der Waals surface area contributed by atoms with Crippen LogP contribution in [0.25, 0.3) is 0 Å². The Bertz CT molecular complexity index is 1090. The fourth-order valence-corrected chi connectivity index (χ4v) is 4.24. The molecule has 0 spiro atoms. The molecular formula is C23H22ClF3N4O. The Hall–Kier alpha value is -3.00. The van der Waals surface area contributed by atoms with Gasteiger partial charge in [0, 0.05) is 30.7 Å². The van der Waals surface area contributed by atoms with Crippen LogP contribution < -0.4 is 5.32 Å². The van der Waals surface area contributed by atoms with Gasteiger partial charge in [-0.1, -0.05) is 23.7 Å². The molecule has 1 fully saturated rings. The van der Waals surface area contributed by atoms with Crippen LogP contribution in [0, 0.1) is 0 Å². The number of benzene rings is 2. The maximum Gasteiger partial charge on any atom is 0.416 e. The van der Waals surface area contributed by atoms with Crippen molar-refractivity contribution >= 4 is 23.3 Å². The standard InChI is InChI=1S/C23H22ClF3N4O/c1-30-21(16(14-28-30)13-15-4-8-18(24)9-5-15)20-3-2-12-31(20)22(32)29-19-10-6-17(7-11-19)23(25,26)27/h4-11,14,20H,2-3,12-13H2,1H3,(H,29,32)/t20-/m1/s1. The monoisotopic (exact) mass is 462 g/mol. The highest BCUT2D eigenvalue weighted by Gasteiger charge is 2.34. The number of aromatic nitrogens is 2. The van der Waals surface area contributed by atoms with Crippen molar-refractivity contribution in [1.82, 2.24) is 14.7 Å². The first-order valence-corrected chi connectivity index (χ1v) is 10.6. The number of alkyl halides is 3. The molecule has 0 saturated carbocycles. The van der Waals surface area contributed by atoms with Crippen LogP contribution in [0.5, 0.6) is 0 Å². The quantitative estimate of drug-likeness (QED) is 0.513. The predicted molar refractivity (Wildman–Crippen MR) is 117 cm³/mol. The number of aryl methyl sites for hydroxylation is 1. The van der Waals surface area contributed by atoms with Gasteiger partial charge in [0.1, 0.15) is 0 Å². The number of rotatable bonds is 4. The van der Waals surface area contributed by atoms with E-state index in [9.17, 15) is 18.0 Å². The van der Waals surface area contributed by atoms with Crippen molar-refractivity contribution in [2.45, 2.75) is 31.5 Å². The van der Waals surface area contributed by atoms with Crippen LogP contribution in [-0.4, -0.2) is 27.3 Å². The Balaban J connectivity index is 1.52. The van der Waals surface area contributed by atoms with Gasteiger partial charge >= 0.3 is 12.2 Å². The minimum atomic E-state index is -4.41. The van der Waals surface area contributed by atoms with Gasteiger partial charge in [-0.05, 0) is 60.4 Å².